The molecule has 1 fully saturated rings. The molecule has 1 saturated heterocycles. The highest BCUT2D eigenvalue weighted by molar-refractivity contribution is 5.90. The second-order valence-corrected chi connectivity index (χ2v) is 6.43. The van der Waals surface area contributed by atoms with Gasteiger partial charge in [-0.2, -0.15) is 0 Å². The summed E-state index contributed by atoms with van der Waals surface area (Å²) in [4.78, 5) is 10.7. The number of nitrogens with one attached hydrogen (secondary N) is 2. The average molecular weight is 320 g/mol. The summed E-state index contributed by atoms with van der Waals surface area (Å²) in [5.41, 5.74) is 4.82. The predicted molar refractivity (Wildman–Crippen MR) is 99.2 cm³/mol. The zero-order valence-corrected chi connectivity index (χ0v) is 14.0. The molecule has 3 aromatic rings. The first-order valence-corrected chi connectivity index (χ1v) is 8.86. The summed E-state index contributed by atoms with van der Waals surface area (Å²) in [5.74, 6) is 0. The fourth-order valence-electron chi connectivity index (χ4n) is 3.60. The predicted octanol–water partition coefficient (Wildman–Crippen LogP) is 3.07. The summed E-state index contributed by atoms with van der Waals surface area (Å²) in [6.45, 7) is 5.74. The molecule has 3 heterocycles. The number of nitrogens with zero attached hydrogens (tertiary/aromatic N) is 2. The Bertz CT molecular complexity index is 788. The van der Waals surface area contributed by atoms with Gasteiger partial charge in [0.1, 0.15) is 0 Å². The van der Waals surface area contributed by atoms with E-state index in [-0.39, 0.29) is 0 Å². The van der Waals surface area contributed by atoms with E-state index < -0.39 is 0 Å². The van der Waals surface area contributed by atoms with E-state index in [9.17, 15) is 0 Å². The summed E-state index contributed by atoms with van der Waals surface area (Å²) in [6, 6.07) is 14.7. The van der Waals surface area contributed by atoms with Crippen LogP contribution in [0.25, 0.3) is 22.3 Å². The lowest BCUT2D eigenvalue weighted by Crippen LogP contribution is -2.43. The normalized spacial score (nSPS) is 15.8. The van der Waals surface area contributed by atoms with Crippen LogP contribution in [0.15, 0.2) is 48.7 Å². The summed E-state index contributed by atoms with van der Waals surface area (Å²) in [6.07, 6.45) is 4.13. The van der Waals surface area contributed by atoms with Gasteiger partial charge in [-0.15, -0.1) is 0 Å². The summed E-state index contributed by atoms with van der Waals surface area (Å²) < 4.78 is 0. The van der Waals surface area contributed by atoms with Gasteiger partial charge in [0, 0.05) is 43.3 Å². The van der Waals surface area contributed by atoms with Crippen molar-refractivity contribution in [3.63, 3.8) is 0 Å². The Morgan fingerprint density at radius 1 is 1.00 bits per heavy atom. The van der Waals surface area contributed by atoms with Crippen molar-refractivity contribution in [1.29, 1.82) is 0 Å². The number of pyridine rings is 1. The van der Waals surface area contributed by atoms with Crippen molar-refractivity contribution in [2.45, 2.75) is 12.8 Å². The van der Waals surface area contributed by atoms with Crippen molar-refractivity contribution in [3.8, 4) is 11.4 Å². The van der Waals surface area contributed by atoms with Crippen molar-refractivity contribution in [2.75, 3.05) is 32.7 Å². The Kier molecular flexibility index (Phi) is 4.58. The molecule has 4 nitrogen and oxygen atoms in total. The van der Waals surface area contributed by atoms with Crippen LogP contribution in [0.3, 0.4) is 0 Å². The first-order valence-electron chi connectivity index (χ1n) is 8.86. The number of benzene rings is 1. The quantitative estimate of drug-likeness (QED) is 0.759. The van der Waals surface area contributed by atoms with Crippen LogP contribution < -0.4 is 5.32 Å². The van der Waals surface area contributed by atoms with Crippen LogP contribution in [0.4, 0.5) is 0 Å². The molecule has 0 bridgehead atoms. The minimum Gasteiger partial charge on any atom is -0.353 e. The smallest absolute Gasteiger partial charge is 0.0867 e. The summed E-state index contributed by atoms with van der Waals surface area (Å²) >= 11 is 0. The molecule has 0 aliphatic carbocycles. The molecule has 4 heteroatoms. The Morgan fingerprint density at radius 3 is 2.67 bits per heavy atom. The van der Waals surface area contributed by atoms with Gasteiger partial charge in [0.05, 0.1) is 11.4 Å². The van der Waals surface area contributed by atoms with Crippen LogP contribution in [0.5, 0.6) is 0 Å². The maximum absolute atomic E-state index is 4.55. The van der Waals surface area contributed by atoms with E-state index in [0.717, 1.165) is 25.2 Å². The van der Waals surface area contributed by atoms with Gasteiger partial charge in [0.15, 0.2) is 0 Å². The molecule has 0 radical (unpaired) electrons. The van der Waals surface area contributed by atoms with Crippen LogP contribution in [0.1, 0.15) is 12.0 Å². The van der Waals surface area contributed by atoms with Gasteiger partial charge in [0.2, 0.25) is 0 Å². The highest BCUT2D eigenvalue weighted by atomic mass is 15.2. The van der Waals surface area contributed by atoms with Crippen molar-refractivity contribution in [3.05, 3.63) is 54.2 Å². The maximum Gasteiger partial charge on any atom is 0.0867 e. The van der Waals surface area contributed by atoms with E-state index >= 15 is 0 Å². The fourth-order valence-corrected chi connectivity index (χ4v) is 3.60. The van der Waals surface area contributed by atoms with Crippen LogP contribution in [-0.4, -0.2) is 47.6 Å². The Morgan fingerprint density at radius 2 is 1.83 bits per heavy atom. The van der Waals surface area contributed by atoms with Gasteiger partial charge < -0.3 is 15.2 Å². The standard InChI is InChI=1S/C20H24N4/c1-2-8-18-16(6-1)17(7-5-13-24-14-11-21-12-15-24)20(23-18)19-9-3-4-10-22-19/h1-4,6,8-10,21,23H,5,7,11-15H2. The summed E-state index contributed by atoms with van der Waals surface area (Å²) in [7, 11) is 0. The highest BCUT2D eigenvalue weighted by Gasteiger charge is 2.15. The van der Waals surface area contributed by atoms with Gasteiger partial charge in [-0.3, -0.25) is 4.98 Å². The number of para-hydroxylation sites is 1. The molecule has 1 aromatic carbocycles. The van der Waals surface area contributed by atoms with E-state index in [4.69, 9.17) is 0 Å². The number of hydrogen-bond acceptors (Lipinski definition) is 3. The first kappa shape index (κ1) is 15.4. The van der Waals surface area contributed by atoms with Crippen molar-refractivity contribution >= 4 is 10.9 Å². The zero-order chi connectivity index (χ0) is 16.2. The monoisotopic (exact) mass is 320 g/mol. The molecule has 0 saturated carbocycles. The van der Waals surface area contributed by atoms with E-state index in [1.54, 1.807) is 0 Å². The van der Waals surface area contributed by atoms with Crippen LogP contribution >= 0.6 is 0 Å². The van der Waals surface area contributed by atoms with Crippen LogP contribution in [0.2, 0.25) is 0 Å². The fraction of sp³-hybridized carbons (Fsp3) is 0.350. The molecule has 0 spiro atoms. The van der Waals surface area contributed by atoms with E-state index in [2.05, 4.69) is 56.6 Å². The van der Waals surface area contributed by atoms with Gasteiger partial charge in [-0.25, -0.2) is 0 Å². The van der Waals surface area contributed by atoms with Crippen molar-refractivity contribution in [1.82, 2.24) is 20.2 Å². The largest absolute Gasteiger partial charge is 0.353 e. The van der Waals surface area contributed by atoms with Crippen LogP contribution in [-0.2, 0) is 6.42 Å². The van der Waals surface area contributed by atoms with E-state index in [1.807, 2.05) is 12.3 Å². The van der Waals surface area contributed by atoms with E-state index in [1.165, 1.54) is 48.2 Å². The number of H-pyrrole nitrogens is 1. The van der Waals surface area contributed by atoms with Crippen molar-refractivity contribution < 1.29 is 0 Å². The third kappa shape index (κ3) is 3.21. The summed E-state index contributed by atoms with van der Waals surface area (Å²) in [5, 5.41) is 4.75. The highest BCUT2D eigenvalue weighted by Crippen LogP contribution is 2.30. The lowest BCUT2D eigenvalue weighted by Gasteiger charge is -2.27. The maximum atomic E-state index is 4.55. The Hall–Kier alpha value is -2.17. The number of rotatable bonds is 5. The molecule has 24 heavy (non-hydrogen) atoms. The third-order valence-corrected chi connectivity index (χ3v) is 4.85. The second kappa shape index (κ2) is 7.16. The second-order valence-electron chi connectivity index (χ2n) is 6.43. The molecule has 2 N–H and O–H groups in total. The topological polar surface area (TPSA) is 44.0 Å². The minimum absolute atomic E-state index is 1.03. The third-order valence-electron chi connectivity index (χ3n) is 4.85. The van der Waals surface area contributed by atoms with Gasteiger partial charge in [-0.1, -0.05) is 24.3 Å². The Labute approximate surface area is 142 Å². The SMILES string of the molecule is c1ccc(-c2[nH]c3ccccc3c2CCCN2CCNCC2)nc1. The minimum atomic E-state index is 1.03. The molecule has 1 aliphatic rings. The number of aromatic nitrogens is 2. The molecule has 124 valence electrons. The molecule has 2 aromatic heterocycles. The van der Waals surface area contributed by atoms with Gasteiger partial charge in [0.25, 0.3) is 0 Å². The molecule has 1 aliphatic heterocycles. The average Bonchev–Trinajstić information content (AvgIpc) is 3.02. The molecule has 0 unspecified atom stereocenters. The number of aryl methyl sites for hydroxylation is 1. The molecule has 0 atom stereocenters. The molecular weight excluding hydrogens is 296 g/mol. The molecule has 0 amide bonds. The number of fused-ring (bicyclic) bond motifs is 1. The Balaban J connectivity index is 1.58. The molecular formula is C20H24N4. The van der Waals surface area contributed by atoms with E-state index in [0.29, 0.717) is 0 Å². The number of piperazine rings is 1. The van der Waals surface area contributed by atoms with Crippen molar-refractivity contribution in [2.24, 2.45) is 0 Å². The number of hydrogen-bond donors (Lipinski definition) is 2. The van der Waals surface area contributed by atoms with Gasteiger partial charge >= 0.3 is 0 Å². The first-order chi connectivity index (χ1) is 11.9. The van der Waals surface area contributed by atoms with Crippen LogP contribution in [0, 0.1) is 0 Å². The lowest BCUT2D eigenvalue weighted by molar-refractivity contribution is 0.238. The number of aromatic amines is 1. The zero-order valence-electron chi connectivity index (χ0n) is 14.0. The molecule has 4 rings (SSSR count). The lowest BCUT2D eigenvalue weighted by atomic mass is 10.0. The van der Waals surface area contributed by atoms with Gasteiger partial charge in [-0.05, 0) is 43.1 Å².